The van der Waals surface area contributed by atoms with Crippen LogP contribution in [0.1, 0.15) is 50.8 Å². The van der Waals surface area contributed by atoms with E-state index in [1.54, 1.807) is 0 Å². The Morgan fingerprint density at radius 3 is 2.33 bits per heavy atom. The second-order valence-electron chi connectivity index (χ2n) is 6.25. The maximum absolute atomic E-state index is 5.85. The van der Waals surface area contributed by atoms with Gasteiger partial charge in [0.05, 0.1) is 0 Å². The van der Waals surface area contributed by atoms with Crippen LogP contribution in [0.5, 0.6) is 0 Å². The van der Waals surface area contributed by atoms with Crippen LogP contribution in [0.25, 0.3) is 5.70 Å². The Balaban J connectivity index is 2.60. The van der Waals surface area contributed by atoms with Crippen molar-refractivity contribution in [1.82, 2.24) is 0 Å². The van der Waals surface area contributed by atoms with Crippen LogP contribution in [0.2, 0.25) is 0 Å². The number of hydrogen-bond acceptors (Lipinski definition) is 1. The summed E-state index contributed by atoms with van der Waals surface area (Å²) in [6, 6.07) is 6.64. The predicted octanol–water partition coefficient (Wildman–Crippen LogP) is 4.11. The van der Waals surface area contributed by atoms with E-state index in [0.29, 0.717) is 22.9 Å². The first-order chi connectivity index (χ1) is 8.39. The lowest BCUT2D eigenvalue weighted by Crippen LogP contribution is -2.35. The van der Waals surface area contributed by atoms with Gasteiger partial charge in [0.25, 0.3) is 0 Å². The van der Waals surface area contributed by atoms with Gasteiger partial charge in [-0.3, -0.25) is 0 Å². The minimum atomic E-state index is 0.306. The zero-order valence-corrected chi connectivity index (χ0v) is 12.1. The van der Waals surface area contributed by atoms with E-state index in [1.165, 1.54) is 24.0 Å². The van der Waals surface area contributed by atoms with E-state index in [4.69, 9.17) is 5.73 Å². The van der Waals surface area contributed by atoms with Gasteiger partial charge in [0, 0.05) is 11.1 Å². The second kappa shape index (κ2) is 4.46. The van der Waals surface area contributed by atoms with Gasteiger partial charge in [0.15, 0.2) is 0 Å². The summed E-state index contributed by atoms with van der Waals surface area (Å²) in [5, 5.41) is 0. The summed E-state index contributed by atoms with van der Waals surface area (Å²) in [6.07, 6.45) is 2.46. The SMILES string of the molecule is C=C(N)c1ccc2c(c1)C(C(C)C)(C(C)C)CC2. The molecule has 0 atom stereocenters. The molecule has 1 aliphatic rings. The van der Waals surface area contributed by atoms with E-state index in [-0.39, 0.29) is 0 Å². The van der Waals surface area contributed by atoms with Crippen LogP contribution < -0.4 is 5.73 Å². The predicted molar refractivity (Wildman–Crippen MR) is 79.3 cm³/mol. The Morgan fingerprint density at radius 1 is 1.22 bits per heavy atom. The van der Waals surface area contributed by atoms with Crippen LogP contribution >= 0.6 is 0 Å². The second-order valence-corrected chi connectivity index (χ2v) is 6.25. The molecule has 98 valence electrons. The van der Waals surface area contributed by atoms with E-state index in [9.17, 15) is 0 Å². The van der Waals surface area contributed by atoms with Gasteiger partial charge >= 0.3 is 0 Å². The van der Waals surface area contributed by atoms with Crippen molar-refractivity contribution in [2.24, 2.45) is 17.6 Å². The van der Waals surface area contributed by atoms with Gasteiger partial charge in [-0.25, -0.2) is 0 Å². The number of hydrogen-bond donors (Lipinski definition) is 1. The van der Waals surface area contributed by atoms with E-state index in [1.807, 2.05) is 0 Å². The molecule has 0 amide bonds. The third-order valence-corrected chi connectivity index (χ3v) is 4.85. The molecule has 1 aromatic rings. The highest BCUT2D eigenvalue weighted by atomic mass is 14.6. The summed E-state index contributed by atoms with van der Waals surface area (Å²) in [6.45, 7) is 13.3. The van der Waals surface area contributed by atoms with Crippen molar-refractivity contribution in [2.45, 2.75) is 46.0 Å². The molecule has 0 heterocycles. The lowest BCUT2D eigenvalue weighted by Gasteiger charge is -2.39. The molecule has 0 bridgehead atoms. The quantitative estimate of drug-likeness (QED) is 0.849. The molecule has 1 aromatic carbocycles. The Labute approximate surface area is 111 Å². The molecule has 18 heavy (non-hydrogen) atoms. The Hall–Kier alpha value is -1.24. The zero-order chi connectivity index (χ0) is 13.5. The maximum atomic E-state index is 5.85. The fourth-order valence-corrected chi connectivity index (χ4v) is 3.77. The van der Waals surface area contributed by atoms with Gasteiger partial charge in [0.2, 0.25) is 0 Å². The molecular weight excluding hydrogens is 218 g/mol. The number of rotatable bonds is 3. The fourth-order valence-electron chi connectivity index (χ4n) is 3.77. The van der Waals surface area contributed by atoms with Crippen molar-refractivity contribution < 1.29 is 0 Å². The zero-order valence-electron chi connectivity index (χ0n) is 12.1. The molecule has 0 saturated heterocycles. The maximum Gasteiger partial charge on any atom is 0.0314 e. The molecule has 2 rings (SSSR count). The highest BCUT2D eigenvalue weighted by Gasteiger charge is 2.43. The summed E-state index contributed by atoms with van der Waals surface area (Å²) >= 11 is 0. The summed E-state index contributed by atoms with van der Waals surface area (Å²) in [5.74, 6) is 1.31. The van der Waals surface area contributed by atoms with Gasteiger partial charge in [0.1, 0.15) is 0 Å². The van der Waals surface area contributed by atoms with Gasteiger partial charge < -0.3 is 5.73 Å². The number of benzene rings is 1. The molecule has 0 fully saturated rings. The molecule has 0 aliphatic heterocycles. The highest BCUT2D eigenvalue weighted by Crippen LogP contribution is 2.49. The summed E-state index contributed by atoms with van der Waals surface area (Å²) < 4.78 is 0. The van der Waals surface area contributed by atoms with E-state index < -0.39 is 0 Å². The highest BCUT2D eigenvalue weighted by molar-refractivity contribution is 5.63. The van der Waals surface area contributed by atoms with E-state index in [0.717, 1.165) is 5.56 Å². The topological polar surface area (TPSA) is 26.0 Å². The van der Waals surface area contributed by atoms with Crippen LogP contribution in [-0.2, 0) is 11.8 Å². The number of aryl methyl sites for hydroxylation is 1. The molecule has 0 unspecified atom stereocenters. The summed E-state index contributed by atoms with van der Waals surface area (Å²) in [7, 11) is 0. The smallest absolute Gasteiger partial charge is 0.0314 e. The van der Waals surface area contributed by atoms with Crippen molar-refractivity contribution in [3.63, 3.8) is 0 Å². The van der Waals surface area contributed by atoms with Crippen LogP contribution in [0.15, 0.2) is 24.8 Å². The Kier molecular flexibility index (Phi) is 3.27. The molecule has 0 aromatic heterocycles. The number of nitrogens with two attached hydrogens (primary N) is 1. The first-order valence-electron chi connectivity index (χ1n) is 6.97. The lowest BCUT2D eigenvalue weighted by atomic mass is 9.65. The van der Waals surface area contributed by atoms with Crippen molar-refractivity contribution in [1.29, 1.82) is 0 Å². The van der Waals surface area contributed by atoms with Crippen LogP contribution in [-0.4, -0.2) is 0 Å². The average Bonchev–Trinajstić information content (AvgIpc) is 2.67. The van der Waals surface area contributed by atoms with E-state index >= 15 is 0 Å². The molecule has 2 N–H and O–H groups in total. The molecule has 1 nitrogen and oxygen atoms in total. The van der Waals surface area contributed by atoms with Crippen molar-refractivity contribution >= 4 is 5.70 Å². The van der Waals surface area contributed by atoms with E-state index in [2.05, 4.69) is 52.5 Å². The third-order valence-electron chi connectivity index (χ3n) is 4.85. The minimum absolute atomic E-state index is 0.306. The molecular formula is C17H25N. The van der Waals surface area contributed by atoms with Gasteiger partial charge in [-0.2, -0.15) is 0 Å². The first-order valence-corrected chi connectivity index (χ1v) is 6.97. The van der Waals surface area contributed by atoms with Crippen LogP contribution in [0.3, 0.4) is 0 Å². The monoisotopic (exact) mass is 243 g/mol. The number of fused-ring (bicyclic) bond motifs is 1. The lowest BCUT2D eigenvalue weighted by molar-refractivity contribution is 0.218. The largest absolute Gasteiger partial charge is 0.399 e. The Bertz CT molecular complexity index is 460. The Morgan fingerprint density at radius 2 is 1.83 bits per heavy atom. The van der Waals surface area contributed by atoms with Crippen molar-refractivity contribution in [3.8, 4) is 0 Å². The summed E-state index contributed by atoms with van der Waals surface area (Å²) in [5.41, 5.74) is 10.9. The standard InChI is InChI=1S/C17H25N/c1-11(2)17(12(3)4)9-8-14-6-7-15(13(5)18)10-16(14)17/h6-7,10-12H,5,8-9,18H2,1-4H3. The van der Waals surface area contributed by atoms with Gasteiger partial charge in [-0.05, 0) is 47.4 Å². The molecule has 0 saturated carbocycles. The van der Waals surface area contributed by atoms with Crippen LogP contribution in [0, 0.1) is 11.8 Å². The fraction of sp³-hybridized carbons (Fsp3) is 0.529. The minimum Gasteiger partial charge on any atom is -0.399 e. The first kappa shape index (κ1) is 13.2. The van der Waals surface area contributed by atoms with Crippen molar-refractivity contribution in [3.05, 3.63) is 41.5 Å². The third kappa shape index (κ3) is 1.77. The average molecular weight is 243 g/mol. The molecule has 0 radical (unpaired) electrons. The van der Waals surface area contributed by atoms with Crippen LogP contribution in [0.4, 0.5) is 0 Å². The van der Waals surface area contributed by atoms with Crippen molar-refractivity contribution in [2.75, 3.05) is 0 Å². The van der Waals surface area contributed by atoms with Gasteiger partial charge in [-0.1, -0.05) is 46.4 Å². The normalized spacial score (nSPS) is 17.2. The summed E-state index contributed by atoms with van der Waals surface area (Å²) in [4.78, 5) is 0. The molecule has 1 heteroatoms. The van der Waals surface area contributed by atoms with Gasteiger partial charge in [-0.15, -0.1) is 0 Å². The molecule has 0 spiro atoms. The molecule has 1 aliphatic carbocycles.